The van der Waals surface area contributed by atoms with Gasteiger partial charge in [0.2, 0.25) is 11.8 Å². The van der Waals surface area contributed by atoms with Crippen LogP contribution in [0.4, 0.5) is 18.9 Å². The Labute approximate surface area is 165 Å². The van der Waals surface area contributed by atoms with Gasteiger partial charge in [0, 0.05) is 11.9 Å². The third kappa shape index (κ3) is 6.26. The maximum Gasteiger partial charge on any atom is 0.417 e. The average Bonchev–Trinajstić information content (AvgIpc) is 2.60. The molecule has 0 unspecified atom stereocenters. The minimum absolute atomic E-state index is 0.0613. The zero-order chi connectivity index (χ0) is 20.9. The zero-order valence-electron chi connectivity index (χ0n) is 15.6. The van der Waals surface area contributed by atoms with E-state index in [1.54, 1.807) is 0 Å². The molecule has 0 aliphatic rings. The van der Waals surface area contributed by atoms with E-state index in [0.717, 1.165) is 40.7 Å². The van der Waals surface area contributed by atoms with Crippen molar-refractivity contribution in [3.63, 3.8) is 0 Å². The summed E-state index contributed by atoms with van der Waals surface area (Å²) in [6.07, 6.45) is -3.73. The lowest BCUT2D eigenvalue weighted by molar-refractivity contribution is -0.137. The molecule has 0 saturated carbocycles. The molecule has 150 valence electrons. The fourth-order valence-electron chi connectivity index (χ4n) is 2.56. The number of rotatable bonds is 6. The van der Waals surface area contributed by atoms with Crippen LogP contribution in [-0.2, 0) is 15.8 Å². The van der Waals surface area contributed by atoms with Crippen LogP contribution in [0.5, 0.6) is 0 Å². The van der Waals surface area contributed by atoms with Crippen molar-refractivity contribution in [3.8, 4) is 0 Å². The number of hydrogen-bond donors (Lipinski definition) is 2. The molecule has 0 fully saturated rings. The summed E-state index contributed by atoms with van der Waals surface area (Å²) in [7, 11) is 0. The van der Waals surface area contributed by atoms with Gasteiger partial charge in [-0.05, 0) is 44.0 Å². The van der Waals surface area contributed by atoms with Crippen molar-refractivity contribution >= 4 is 29.3 Å². The molecule has 5 nitrogen and oxygen atoms in total. The molecule has 1 aromatic heterocycles. The number of alkyl halides is 3. The Morgan fingerprint density at radius 1 is 1.07 bits per heavy atom. The van der Waals surface area contributed by atoms with E-state index in [1.165, 1.54) is 6.07 Å². The molecular weight excluding hydrogens is 391 g/mol. The van der Waals surface area contributed by atoms with Crippen molar-refractivity contribution in [1.82, 2.24) is 10.3 Å². The monoisotopic (exact) mass is 411 g/mol. The van der Waals surface area contributed by atoms with Crippen molar-refractivity contribution in [1.29, 1.82) is 0 Å². The topological polar surface area (TPSA) is 71.1 Å². The molecule has 9 heteroatoms. The van der Waals surface area contributed by atoms with Crippen molar-refractivity contribution in [3.05, 3.63) is 52.7 Å². The molecule has 28 heavy (non-hydrogen) atoms. The van der Waals surface area contributed by atoms with E-state index in [2.05, 4.69) is 15.6 Å². The lowest BCUT2D eigenvalue weighted by atomic mass is 10.1. The smallest absolute Gasteiger partial charge is 0.346 e. The zero-order valence-corrected chi connectivity index (χ0v) is 16.4. The van der Waals surface area contributed by atoms with Crippen molar-refractivity contribution in [2.75, 3.05) is 17.6 Å². The third-order valence-corrected chi connectivity index (χ3v) is 4.75. The van der Waals surface area contributed by atoms with Gasteiger partial charge in [-0.3, -0.25) is 9.59 Å². The Bertz CT molecular complexity index is 845. The van der Waals surface area contributed by atoms with Crippen LogP contribution in [0.1, 0.15) is 22.3 Å². The predicted octanol–water partition coefficient (Wildman–Crippen LogP) is 3.87. The average molecular weight is 411 g/mol. The molecule has 2 amide bonds. The fraction of sp³-hybridized carbons (Fsp3) is 0.316. The van der Waals surface area contributed by atoms with Gasteiger partial charge in [-0.1, -0.05) is 29.5 Å². The highest BCUT2D eigenvalue weighted by molar-refractivity contribution is 7.99. The molecule has 0 radical (unpaired) electrons. The molecule has 2 aromatic rings. The van der Waals surface area contributed by atoms with E-state index >= 15 is 0 Å². The first kappa shape index (κ1) is 21.7. The second kappa shape index (κ2) is 9.09. The molecule has 0 saturated heterocycles. The van der Waals surface area contributed by atoms with Gasteiger partial charge >= 0.3 is 6.18 Å². The van der Waals surface area contributed by atoms with Gasteiger partial charge in [0.05, 0.1) is 22.9 Å². The van der Waals surface area contributed by atoms with Gasteiger partial charge in [-0.25, -0.2) is 4.98 Å². The van der Waals surface area contributed by atoms with Crippen molar-refractivity contribution in [2.24, 2.45) is 0 Å². The summed E-state index contributed by atoms with van der Waals surface area (Å²) in [6.45, 7) is 5.55. The Kier molecular flexibility index (Phi) is 7.06. The molecule has 0 atom stereocenters. The minimum Gasteiger partial charge on any atom is -0.346 e. The minimum atomic E-state index is -4.45. The summed E-state index contributed by atoms with van der Waals surface area (Å²) in [5, 5.41) is 5.55. The van der Waals surface area contributed by atoms with Gasteiger partial charge in [0.15, 0.2) is 0 Å². The Hall–Kier alpha value is -2.55. The van der Waals surface area contributed by atoms with E-state index in [-0.39, 0.29) is 18.2 Å². The molecule has 0 aliphatic heterocycles. The highest BCUT2D eigenvalue weighted by Crippen LogP contribution is 2.29. The maximum absolute atomic E-state index is 12.5. The summed E-state index contributed by atoms with van der Waals surface area (Å²) < 4.78 is 37.5. The van der Waals surface area contributed by atoms with Crippen LogP contribution < -0.4 is 10.6 Å². The lowest BCUT2D eigenvalue weighted by Crippen LogP contribution is -2.34. The van der Waals surface area contributed by atoms with E-state index < -0.39 is 17.6 Å². The number of anilines is 1. The van der Waals surface area contributed by atoms with E-state index in [4.69, 9.17) is 0 Å². The number of benzene rings is 1. The van der Waals surface area contributed by atoms with Gasteiger partial charge in [0.1, 0.15) is 0 Å². The maximum atomic E-state index is 12.5. The SMILES string of the molecule is Cc1cc(C)c(NC(=O)CNC(=O)CSc2ccc(C(F)(F)F)cn2)c(C)c1. The Morgan fingerprint density at radius 3 is 2.25 bits per heavy atom. The van der Waals surface area contributed by atoms with Gasteiger partial charge in [-0.15, -0.1) is 0 Å². The standard InChI is InChI=1S/C19H20F3N3O2S/c1-11-6-12(2)18(13(3)7-11)25-15(26)9-23-16(27)10-28-17-5-4-14(8-24-17)19(20,21)22/h4-8H,9-10H2,1-3H3,(H,23,27)(H,25,26). The highest BCUT2D eigenvalue weighted by Gasteiger charge is 2.30. The van der Waals surface area contributed by atoms with Crippen LogP contribution in [0.25, 0.3) is 0 Å². The largest absolute Gasteiger partial charge is 0.417 e. The Balaban J connectivity index is 1.80. The number of pyridine rings is 1. The second-order valence-corrected chi connectivity index (χ2v) is 7.27. The van der Waals surface area contributed by atoms with E-state index in [9.17, 15) is 22.8 Å². The number of carbonyl (C=O) groups excluding carboxylic acids is 2. The summed E-state index contributed by atoms with van der Waals surface area (Å²) in [6, 6.07) is 6.02. The third-order valence-electron chi connectivity index (χ3n) is 3.80. The van der Waals surface area contributed by atoms with Gasteiger partial charge in [0.25, 0.3) is 0 Å². The highest BCUT2D eigenvalue weighted by atomic mass is 32.2. The van der Waals surface area contributed by atoms with Crippen molar-refractivity contribution < 1.29 is 22.8 Å². The predicted molar refractivity (Wildman–Crippen MR) is 102 cm³/mol. The van der Waals surface area contributed by atoms with Crippen LogP contribution in [-0.4, -0.2) is 29.1 Å². The van der Waals surface area contributed by atoms with Crippen LogP contribution in [0.2, 0.25) is 0 Å². The number of hydrogen-bond acceptors (Lipinski definition) is 4. The van der Waals surface area contributed by atoms with E-state index in [1.807, 2.05) is 32.9 Å². The lowest BCUT2D eigenvalue weighted by Gasteiger charge is -2.13. The first-order valence-corrected chi connectivity index (χ1v) is 9.35. The summed E-state index contributed by atoms with van der Waals surface area (Å²) >= 11 is 0.988. The molecule has 1 heterocycles. The molecule has 0 bridgehead atoms. The number of aryl methyl sites for hydroxylation is 3. The fourth-order valence-corrected chi connectivity index (χ4v) is 3.24. The molecule has 0 spiro atoms. The number of aromatic nitrogens is 1. The Morgan fingerprint density at radius 2 is 1.71 bits per heavy atom. The molecular formula is C19H20F3N3O2S. The van der Waals surface area contributed by atoms with Gasteiger partial charge < -0.3 is 10.6 Å². The number of carbonyl (C=O) groups is 2. The number of nitrogens with zero attached hydrogens (tertiary/aromatic N) is 1. The first-order chi connectivity index (χ1) is 13.1. The van der Waals surface area contributed by atoms with Gasteiger partial charge in [-0.2, -0.15) is 13.2 Å². The summed E-state index contributed by atoms with van der Waals surface area (Å²) in [5.74, 6) is -0.839. The van der Waals surface area contributed by atoms with Crippen LogP contribution in [0.3, 0.4) is 0 Å². The van der Waals surface area contributed by atoms with Crippen LogP contribution in [0.15, 0.2) is 35.5 Å². The van der Waals surface area contributed by atoms with Crippen LogP contribution >= 0.6 is 11.8 Å². The molecule has 2 N–H and O–H groups in total. The quantitative estimate of drug-likeness (QED) is 0.708. The normalized spacial score (nSPS) is 11.2. The van der Waals surface area contributed by atoms with Crippen molar-refractivity contribution in [2.45, 2.75) is 32.0 Å². The summed E-state index contributed by atoms with van der Waals surface area (Å²) in [4.78, 5) is 27.6. The first-order valence-electron chi connectivity index (χ1n) is 8.36. The number of halogens is 3. The number of thioether (sulfide) groups is 1. The number of amides is 2. The van der Waals surface area contributed by atoms with E-state index in [0.29, 0.717) is 10.7 Å². The second-order valence-electron chi connectivity index (χ2n) is 6.27. The summed E-state index contributed by atoms with van der Waals surface area (Å²) in [5.41, 5.74) is 2.82. The molecule has 2 rings (SSSR count). The number of nitrogens with one attached hydrogen (secondary N) is 2. The molecule has 1 aromatic carbocycles. The molecule has 0 aliphatic carbocycles. The van der Waals surface area contributed by atoms with Crippen LogP contribution in [0, 0.1) is 20.8 Å².